The van der Waals surface area contributed by atoms with Gasteiger partial charge in [-0.05, 0) is 29.7 Å². The Morgan fingerprint density at radius 1 is 1.43 bits per heavy atom. The molecule has 1 amide bonds. The van der Waals surface area contributed by atoms with Crippen LogP contribution in [0, 0.1) is 5.41 Å². The van der Waals surface area contributed by atoms with Crippen LogP contribution in [-0.4, -0.2) is 45.6 Å². The molecule has 0 bridgehead atoms. The van der Waals surface area contributed by atoms with Gasteiger partial charge in [-0.2, -0.15) is 4.98 Å². The van der Waals surface area contributed by atoms with Crippen molar-refractivity contribution in [3.8, 4) is 0 Å². The van der Waals surface area contributed by atoms with Crippen molar-refractivity contribution < 1.29 is 9.32 Å². The fraction of sp³-hybridized carbons (Fsp3) is 0.615. The molecule has 1 fully saturated rings. The van der Waals surface area contributed by atoms with Crippen LogP contribution in [0.3, 0.4) is 0 Å². The summed E-state index contributed by atoms with van der Waals surface area (Å²) in [5, 5.41) is 14.6. The third kappa shape index (κ3) is 3.81. The standard InChI is InChI=1S/C13H18N6O2S2/c1-13(2)5-4-6-19(7-13)11-14-8(18-21-11)9(20)15-10-16-17-12(22-3)23-10/h4-7H2,1-3H3,(H,15,16,20). The number of hydrogen-bond donors (Lipinski definition) is 1. The van der Waals surface area contributed by atoms with E-state index in [4.69, 9.17) is 4.52 Å². The van der Waals surface area contributed by atoms with Gasteiger partial charge >= 0.3 is 6.01 Å². The number of carbonyl (C=O) groups is 1. The fourth-order valence-electron chi connectivity index (χ4n) is 2.52. The van der Waals surface area contributed by atoms with Crippen molar-refractivity contribution in [2.75, 3.05) is 29.6 Å². The number of nitrogens with zero attached hydrogens (tertiary/aromatic N) is 5. The molecule has 0 radical (unpaired) electrons. The van der Waals surface area contributed by atoms with Gasteiger partial charge in [-0.25, -0.2) is 0 Å². The summed E-state index contributed by atoms with van der Waals surface area (Å²) < 4.78 is 6.03. The van der Waals surface area contributed by atoms with Crippen LogP contribution in [0.4, 0.5) is 11.1 Å². The van der Waals surface area contributed by atoms with E-state index in [0.717, 1.165) is 23.8 Å². The zero-order valence-corrected chi connectivity index (χ0v) is 14.8. The lowest BCUT2D eigenvalue weighted by molar-refractivity contribution is 0.101. The van der Waals surface area contributed by atoms with Crippen molar-refractivity contribution in [2.24, 2.45) is 5.41 Å². The van der Waals surface area contributed by atoms with E-state index in [9.17, 15) is 4.79 Å². The summed E-state index contributed by atoms with van der Waals surface area (Å²) in [7, 11) is 0. The molecule has 124 valence electrons. The highest BCUT2D eigenvalue weighted by Crippen LogP contribution is 2.30. The van der Waals surface area contributed by atoms with Crippen LogP contribution >= 0.6 is 23.1 Å². The number of aromatic nitrogens is 4. The molecule has 3 heterocycles. The van der Waals surface area contributed by atoms with Gasteiger partial charge in [-0.15, -0.1) is 10.2 Å². The van der Waals surface area contributed by atoms with Crippen LogP contribution in [-0.2, 0) is 0 Å². The molecule has 0 aromatic carbocycles. The van der Waals surface area contributed by atoms with Crippen molar-refractivity contribution in [3.05, 3.63) is 5.82 Å². The largest absolute Gasteiger partial charge is 0.324 e. The van der Waals surface area contributed by atoms with E-state index in [1.807, 2.05) is 11.2 Å². The minimum atomic E-state index is -0.444. The van der Waals surface area contributed by atoms with E-state index in [2.05, 4.69) is 39.5 Å². The van der Waals surface area contributed by atoms with E-state index in [1.165, 1.54) is 29.5 Å². The minimum absolute atomic E-state index is 0.00396. The number of hydrogen-bond acceptors (Lipinski definition) is 9. The van der Waals surface area contributed by atoms with E-state index in [1.54, 1.807) is 0 Å². The predicted molar refractivity (Wildman–Crippen MR) is 89.2 cm³/mol. The lowest BCUT2D eigenvalue weighted by Crippen LogP contribution is -2.40. The highest BCUT2D eigenvalue weighted by Gasteiger charge is 2.30. The van der Waals surface area contributed by atoms with E-state index < -0.39 is 5.91 Å². The van der Waals surface area contributed by atoms with Crippen molar-refractivity contribution >= 4 is 40.2 Å². The Bertz CT molecular complexity index is 698. The fourth-order valence-corrected chi connectivity index (χ4v) is 3.68. The van der Waals surface area contributed by atoms with Gasteiger partial charge in [0.25, 0.3) is 11.7 Å². The average molecular weight is 354 g/mol. The Kier molecular flexibility index (Phi) is 4.53. The molecule has 8 nitrogen and oxygen atoms in total. The van der Waals surface area contributed by atoms with Crippen LogP contribution in [0.15, 0.2) is 8.86 Å². The predicted octanol–water partition coefficient (Wildman–Crippen LogP) is 2.52. The smallest absolute Gasteiger partial charge is 0.324 e. The highest BCUT2D eigenvalue weighted by molar-refractivity contribution is 8.00. The number of rotatable bonds is 4. The van der Waals surface area contributed by atoms with Gasteiger partial charge in [-0.3, -0.25) is 10.1 Å². The molecule has 1 aliphatic rings. The number of nitrogens with one attached hydrogen (secondary N) is 1. The average Bonchev–Trinajstić information content (AvgIpc) is 3.15. The monoisotopic (exact) mass is 354 g/mol. The molecule has 1 N–H and O–H groups in total. The zero-order valence-electron chi connectivity index (χ0n) is 13.2. The molecule has 1 saturated heterocycles. The van der Waals surface area contributed by atoms with Crippen molar-refractivity contribution in [1.82, 2.24) is 20.3 Å². The molecule has 1 aliphatic heterocycles. The van der Waals surface area contributed by atoms with Crippen LogP contribution in [0.1, 0.15) is 37.3 Å². The first kappa shape index (κ1) is 16.2. The number of carbonyl (C=O) groups excluding carboxylic acids is 1. The summed E-state index contributed by atoms with van der Waals surface area (Å²) >= 11 is 2.78. The quantitative estimate of drug-likeness (QED) is 0.661. The topological polar surface area (TPSA) is 97.0 Å². The van der Waals surface area contributed by atoms with Gasteiger partial charge < -0.3 is 9.42 Å². The van der Waals surface area contributed by atoms with Gasteiger partial charge in [0, 0.05) is 13.1 Å². The Labute approximate surface area is 142 Å². The summed E-state index contributed by atoms with van der Waals surface area (Å²) in [6.07, 6.45) is 4.14. The third-order valence-corrected chi connectivity index (χ3v) is 5.41. The second-order valence-electron chi connectivity index (χ2n) is 6.12. The summed E-state index contributed by atoms with van der Waals surface area (Å²) in [5.74, 6) is -0.440. The van der Waals surface area contributed by atoms with Gasteiger partial charge in [0.1, 0.15) is 0 Å². The maximum Gasteiger partial charge on any atom is 0.324 e. The number of thioether (sulfide) groups is 1. The molecule has 2 aromatic rings. The van der Waals surface area contributed by atoms with Crippen molar-refractivity contribution in [2.45, 2.75) is 31.0 Å². The molecule has 0 aliphatic carbocycles. The maximum atomic E-state index is 12.2. The van der Waals surface area contributed by atoms with Crippen LogP contribution in [0.25, 0.3) is 0 Å². The minimum Gasteiger partial charge on any atom is -0.324 e. The van der Waals surface area contributed by atoms with Gasteiger partial charge in [-0.1, -0.05) is 36.9 Å². The first-order chi connectivity index (χ1) is 11.0. The van der Waals surface area contributed by atoms with Gasteiger partial charge in [0.15, 0.2) is 4.34 Å². The third-order valence-electron chi connectivity index (χ3n) is 3.59. The molecule has 0 saturated carbocycles. The van der Waals surface area contributed by atoms with E-state index in [-0.39, 0.29) is 11.2 Å². The van der Waals surface area contributed by atoms with Gasteiger partial charge in [0.05, 0.1) is 0 Å². The normalized spacial score (nSPS) is 17.3. The molecule has 10 heteroatoms. The second kappa shape index (κ2) is 6.44. The molecule has 3 rings (SSSR count). The van der Waals surface area contributed by atoms with Crippen LogP contribution in [0.5, 0.6) is 0 Å². The highest BCUT2D eigenvalue weighted by atomic mass is 32.2. The first-order valence-corrected chi connectivity index (χ1v) is 9.28. The summed E-state index contributed by atoms with van der Waals surface area (Å²) in [5.41, 5.74) is 0.204. The van der Waals surface area contributed by atoms with E-state index >= 15 is 0 Å². The first-order valence-electron chi connectivity index (χ1n) is 7.24. The second-order valence-corrected chi connectivity index (χ2v) is 8.15. The molecule has 23 heavy (non-hydrogen) atoms. The lowest BCUT2D eigenvalue weighted by atomic mass is 9.84. The molecular weight excluding hydrogens is 336 g/mol. The van der Waals surface area contributed by atoms with Crippen molar-refractivity contribution in [1.29, 1.82) is 0 Å². The molecule has 2 aromatic heterocycles. The van der Waals surface area contributed by atoms with Crippen LogP contribution < -0.4 is 10.2 Å². The summed E-state index contributed by atoms with van der Waals surface area (Å²) in [6.45, 7) is 6.12. The Morgan fingerprint density at radius 2 is 2.26 bits per heavy atom. The Morgan fingerprint density at radius 3 is 2.96 bits per heavy atom. The Hall–Kier alpha value is -1.68. The summed E-state index contributed by atoms with van der Waals surface area (Å²) in [6, 6.07) is 0.394. The SMILES string of the molecule is CSc1nnc(NC(=O)c2noc(N3CCCC(C)(C)C3)n2)s1. The van der Waals surface area contributed by atoms with Crippen LogP contribution in [0.2, 0.25) is 0 Å². The van der Waals surface area contributed by atoms with Crippen molar-refractivity contribution in [3.63, 3.8) is 0 Å². The van der Waals surface area contributed by atoms with E-state index in [0.29, 0.717) is 11.1 Å². The number of anilines is 2. The molecule has 0 atom stereocenters. The number of piperidine rings is 1. The Balaban J connectivity index is 1.67. The molecular formula is C13H18N6O2S2. The summed E-state index contributed by atoms with van der Waals surface area (Å²) in [4.78, 5) is 18.4. The maximum absolute atomic E-state index is 12.2. The molecule has 0 spiro atoms. The van der Waals surface area contributed by atoms with Gasteiger partial charge in [0.2, 0.25) is 5.13 Å². The number of amides is 1. The molecule has 0 unspecified atom stereocenters. The lowest BCUT2D eigenvalue weighted by Gasteiger charge is -2.36. The zero-order chi connectivity index (χ0) is 16.4.